The summed E-state index contributed by atoms with van der Waals surface area (Å²) in [6.07, 6.45) is 0.686. The van der Waals surface area contributed by atoms with E-state index in [1.807, 2.05) is 42.5 Å². The van der Waals surface area contributed by atoms with Gasteiger partial charge in [0.1, 0.15) is 5.75 Å². The number of carbonyl (C=O) groups excluding carboxylic acids is 1. The van der Waals surface area contributed by atoms with Crippen molar-refractivity contribution < 1.29 is 29.3 Å². The Morgan fingerprint density at radius 1 is 0.941 bits per heavy atom. The summed E-state index contributed by atoms with van der Waals surface area (Å²) < 4.78 is 5.49. The summed E-state index contributed by atoms with van der Waals surface area (Å²) in [6.45, 7) is 7.41. The van der Waals surface area contributed by atoms with E-state index in [4.69, 9.17) is 39.5 Å². The lowest BCUT2D eigenvalue weighted by Crippen LogP contribution is -2.48. The van der Waals surface area contributed by atoms with Crippen LogP contribution < -0.4 is 20.3 Å². The van der Waals surface area contributed by atoms with Crippen LogP contribution in [-0.4, -0.2) is 53.8 Å². The third-order valence-corrected chi connectivity index (χ3v) is 10.9. The Bertz CT molecular complexity index is 2010. The zero-order chi connectivity index (χ0) is 36.8. The number of benzene rings is 4. The van der Waals surface area contributed by atoms with Gasteiger partial charge in [-0.15, -0.1) is 0 Å². The van der Waals surface area contributed by atoms with Crippen molar-refractivity contribution in [3.63, 3.8) is 0 Å². The van der Waals surface area contributed by atoms with E-state index in [9.17, 15) is 24.6 Å². The van der Waals surface area contributed by atoms with Gasteiger partial charge in [0.25, 0.3) is 0 Å². The quantitative estimate of drug-likeness (QED) is 0.134. The summed E-state index contributed by atoms with van der Waals surface area (Å²) in [5, 5.41) is 27.0. The third kappa shape index (κ3) is 7.00. The van der Waals surface area contributed by atoms with E-state index in [0.29, 0.717) is 45.8 Å². The molecule has 51 heavy (non-hydrogen) atoms. The zero-order valence-corrected chi connectivity index (χ0v) is 30.7. The second kappa shape index (κ2) is 14.0. The number of amides is 1. The first-order valence-corrected chi connectivity index (χ1v) is 17.6. The molecular formula is C39H38Cl3N3O6. The summed E-state index contributed by atoms with van der Waals surface area (Å²) in [4.78, 5) is 40.1. The first kappa shape index (κ1) is 36.5. The highest BCUT2D eigenvalue weighted by atomic mass is 35.5. The van der Waals surface area contributed by atoms with Crippen molar-refractivity contribution in [1.82, 2.24) is 5.32 Å². The van der Waals surface area contributed by atoms with Gasteiger partial charge in [0, 0.05) is 41.2 Å². The summed E-state index contributed by atoms with van der Waals surface area (Å²) >= 11 is 20.4. The van der Waals surface area contributed by atoms with Crippen molar-refractivity contribution in [3.8, 4) is 5.75 Å². The molecule has 12 heteroatoms. The molecule has 9 nitrogen and oxygen atoms in total. The number of halogens is 3. The largest absolute Gasteiger partial charge is 0.495 e. The molecule has 266 valence electrons. The molecular weight excluding hydrogens is 713 g/mol. The van der Waals surface area contributed by atoms with Gasteiger partial charge in [-0.2, -0.15) is 0 Å². The molecule has 1 saturated heterocycles. The molecule has 0 unspecified atom stereocenters. The fraction of sp³-hybridized carbons (Fsp3) is 0.308. The summed E-state index contributed by atoms with van der Waals surface area (Å²) in [5.74, 6) is -2.80. The van der Waals surface area contributed by atoms with E-state index < -0.39 is 29.3 Å². The number of hydrogen-bond acceptors (Lipinski definition) is 6. The number of hydrogen-bond donors (Lipinski definition) is 4. The molecule has 0 bridgehead atoms. The lowest BCUT2D eigenvalue weighted by Gasteiger charge is -2.40. The van der Waals surface area contributed by atoms with Gasteiger partial charge in [0.05, 0.1) is 40.0 Å². The number of anilines is 2. The normalized spacial score (nSPS) is 21.1. The predicted molar refractivity (Wildman–Crippen MR) is 200 cm³/mol. The van der Waals surface area contributed by atoms with Crippen LogP contribution >= 0.6 is 34.8 Å². The smallest absolute Gasteiger partial charge is 0.335 e. The van der Waals surface area contributed by atoms with E-state index in [1.165, 1.54) is 25.3 Å². The Morgan fingerprint density at radius 2 is 1.63 bits per heavy atom. The number of ether oxygens (including phenoxy) is 1. The number of methoxy groups -OCH3 is 1. The molecule has 0 radical (unpaired) electrons. The van der Waals surface area contributed by atoms with Crippen molar-refractivity contribution >= 4 is 64.0 Å². The molecule has 1 fully saturated rings. The fourth-order valence-electron chi connectivity index (χ4n) is 7.74. The van der Waals surface area contributed by atoms with Gasteiger partial charge in [0.15, 0.2) is 0 Å². The molecule has 4 aromatic carbocycles. The minimum atomic E-state index is -1.12. The van der Waals surface area contributed by atoms with Crippen LogP contribution in [0.25, 0.3) is 0 Å². The van der Waals surface area contributed by atoms with Gasteiger partial charge < -0.3 is 30.5 Å². The first-order chi connectivity index (χ1) is 24.1. The molecule has 4 atom stereocenters. The first-order valence-electron chi connectivity index (χ1n) is 16.4. The molecule has 4 N–H and O–H groups in total. The Balaban J connectivity index is 1.52. The topological polar surface area (TPSA) is 128 Å². The second-order valence-electron chi connectivity index (χ2n) is 14.4. The van der Waals surface area contributed by atoms with Crippen LogP contribution in [0.5, 0.6) is 5.75 Å². The van der Waals surface area contributed by atoms with Crippen LogP contribution in [0.2, 0.25) is 15.1 Å². The number of rotatable bonds is 9. The van der Waals surface area contributed by atoms with Crippen LogP contribution in [0, 0.1) is 5.41 Å². The van der Waals surface area contributed by atoms with E-state index >= 15 is 0 Å². The van der Waals surface area contributed by atoms with Gasteiger partial charge >= 0.3 is 11.9 Å². The van der Waals surface area contributed by atoms with Gasteiger partial charge in [-0.3, -0.25) is 4.79 Å². The molecule has 2 aliphatic heterocycles. The molecule has 6 rings (SSSR count). The van der Waals surface area contributed by atoms with E-state index in [1.54, 1.807) is 18.2 Å². The molecule has 1 amide bonds. The number of fused-ring (bicyclic) bond motifs is 2. The van der Waals surface area contributed by atoms with E-state index in [2.05, 4.69) is 36.3 Å². The second-order valence-corrected chi connectivity index (χ2v) is 15.6. The summed E-state index contributed by atoms with van der Waals surface area (Å²) in [5.41, 5.74) is 3.16. The number of carboxylic acids is 2. The monoisotopic (exact) mass is 749 g/mol. The van der Waals surface area contributed by atoms with Gasteiger partial charge in [-0.25, -0.2) is 9.59 Å². The van der Waals surface area contributed by atoms with Gasteiger partial charge in [-0.1, -0.05) is 85.9 Å². The number of nitrogens with zero attached hydrogens (tertiary/aromatic N) is 1. The maximum Gasteiger partial charge on any atom is 0.335 e. The third-order valence-electron chi connectivity index (χ3n) is 9.84. The molecule has 0 aliphatic carbocycles. The number of aromatic carboxylic acids is 2. The SMILES string of the molecule is COc1cc(C(=O)O)ccc1NC(=O)[C@@H]1N[C@@H](CC(C)(C)C)[C@@]2(CN(Cc3ccc(C(=O)O)cc3)c3cc(Cl)ccc32)[C@H]1c1cccc(Cl)c1Cl. The lowest BCUT2D eigenvalue weighted by molar-refractivity contribution is -0.118. The van der Waals surface area contributed by atoms with Crippen molar-refractivity contribution in [1.29, 1.82) is 0 Å². The highest BCUT2D eigenvalue weighted by molar-refractivity contribution is 6.42. The standard InChI is InChI=1S/C39H38Cl3N3O6/c1-38(2,3)18-31-39(20-45(29-17-24(40)13-14-26(29)39)19-21-8-10-22(11-9-21)36(47)48)32(25-6-5-7-27(41)33(25)42)34(44-31)35(46)43-28-15-12-23(37(49)50)16-30(28)51-4/h5-17,31-32,34,44H,18-20H2,1-4H3,(H,43,46)(H,47,48)(H,49,50)/t31-,32-,34+,39-/m0/s1. The Labute approximate surface area is 311 Å². The van der Waals surface area contributed by atoms with Crippen LogP contribution in [-0.2, 0) is 16.8 Å². The maximum atomic E-state index is 14.7. The Kier molecular flexibility index (Phi) is 10.0. The van der Waals surface area contributed by atoms with E-state index in [0.717, 1.165) is 16.8 Å². The van der Waals surface area contributed by atoms with Crippen molar-refractivity contribution in [2.24, 2.45) is 5.41 Å². The van der Waals surface area contributed by atoms with Gasteiger partial charge in [0.2, 0.25) is 5.91 Å². The van der Waals surface area contributed by atoms with Crippen LogP contribution in [0.15, 0.2) is 78.9 Å². The predicted octanol–water partition coefficient (Wildman–Crippen LogP) is 8.51. The molecule has 0 saturated carbocycles. The molecule has 0 aromatic heterocycles. The highest BCUT2D eigenvalue weighted by Crippen LogP contribution is 2.59. The molecule has 2 heterocycles. The number of carbonyl (C=O) groups is 3. The molecule has 1 spiro atoms. The number of nitrogens with one attached hydrogen (secondary N) is 2. The van der Waals surface area contributed by atoms with E-state index in [-0.39, 0.29) is 34.2 Å². The molecule has 4 aromatic rings. The van der Waals surface area contributed by atoms with Gasteiger partial charge in [-0.05, 0) is 77.1 Å². The van der Waals surface area contributed by atoms with Crippen molar-refractivity contribution in [2.45, 2.75) is 57.2 Å². The summed E-state index contributed by atoms with van der Waals surface area (Å²) in [7, 11) is 1.41. The fourth-order valence-corrected chi connectivity index (χ4v) is 8.33. The highest BCUT2D eigenvalue weighted by Gasteiger charge is 2.62. The maximum absolute atomic E-state index is 14.7. The van der Waals surface area contributed by atoms with Crippen molar-refractivity contribution in [2.75, 3.05) is 23.9 Å². The minimum Gasteiger partial charge on any atom is -0.495 e. The lowest BCUT2D eigenvalue weighted by atomic mass is 9.63. The average Bonchev–Trinajstić information content (AvgIpc) is 3.55. The Hall–Kier alpha value is -4.28. The molecule has 2 aliphatic rings. The zero-order valence-electron chi connectivity index (χ0n) is 28.5. The van der Waals surface area contributed by atoms with Crippen LogP contribution in [0.1, 0.15) is 70.5 Å². The summed E-state index contributed by atoms with van der Waals surface area (Å²) in [6, 6.07) is 21.3. The van der Waals surface area contributed by atoms with Crippen molar-refractivity contribution in [3.05, 3.63) is 122 Å². The minimum absolute atomic E-state index is 0.0236. The van der Waals surface area contributed by atoms with Crippen LogP contribution in [0.4, 0.5) is 11.4 Å². The number of carboxylic acid groups (broad SMARTS) is 2. The average molecular weight is 751 g/mol. The van der Waals surface area contributed by atoms with Crippen LogP contribution in [0.3, 0.4) is 0 Å². The Morgan fingerprint density at radius 3 is 2.27 bits per heavy atom.